The van der Waals surface area contributed by atoms with Gasteiger partial charge in [0.15, 0.2) is 0 Å². The number of amides is 1. The molecule has 1 amide bonds. The molecule has 0 spiro atoms. The molecule has 1 fully saturated rings. The van der Waals surface area contributed by atoms with E-state index in [4.69, 9.17) is 16.3 Å². The first-order valence-corrected chi connectivity index (χ1v) is 6.98. The van der Waals surface area contributed by atoms with Crippen molar-refractivity contribution in [2.24, 2.45) is 0 Å². The maximum atomic E-state index is 12.3. The van der Waals surface area contributed by atoms with E-state index in [1.165, 1.54) is 0 Å². The molecule has 19 heavy (non-hydrogen) atoms. The van der Waals surface area contributed by atoms with Gasteiger partial charge in [-0.1, -0.05) is 0 Å². The zero-order chi connectivity index (χ0) is 14.3. The van der Waals surface area contributed by atoms with E-state index in [0.29, 0.717) is 13.0 Å². The summed E-state index contributed by atoms with van der Waals surface area (Å²) in [5.74, 6) is -0.506. The second-order valence-electron chi connectivity index (χ2n) is 4.65. The van der Waals surface area contributed by atoms with Gasteiger partial charge < -0.3 is 9.64 Å². The Morgan fingerprint density at radius 2 is 2.11 bits per heavy atom. The molecule has 1 saturated heterocycles. The number of rotatable bonds is 6. The zero-order valence-electron chi connectivity index (χ0n) is 10.7. The molecule has 0 aromatic carbocycles. The van der Waals surface area contributed by atoms with Gasteiger partial charge in [-0.25, -0.2) is 0 Å². The first-order chi connectivity index (χ1) is 8.92. The second kappa shape index (κ2) is 7.94. The first kappa shape index (κ1) is 16.6. The molecule has 1 aliphatic rings. The van der Waals surface area contributed by atoms with Gasteiger partial charge in [0.1, 0.15) is 6.54 Å². The topological polar surface area (TPSA) is 29.5 Å². The van der Waals surface area contributed by atoms with Crippen LogP contribution in [0.1, 0.15) is 32.1 Å². The summed E-state index contributed by atoms with van der Waals surface area (Å²) < 4.78 is 42.4. The highest BCUT2D eigenvalue weighted by Crippen LogP contribution is 2.20. The third-order valence-corrected chi connectivity index (χ3v) is 3.20. The summed E-state index contributed by atoms with van der Waals surface area (Å²) in [6.45, 7) is -0.637. The van der Waals surface area contributed by atoms with Crippen LogP contribution in [0.5, 0.6) is 0 Å². The molecule has 112 valence electrons. The Morgan fingerprint density at radius 1 is 1.37 bits per heavy atom. The molecule has 0 aromatic rings. The average Bonchev–Trinajstić information content (AvgIpc) is 2.35. The minimum atomic E-state index is -4.39. The largest absolute Gasteiger partial charge is 0.406 e. The standard InChI is InChI=1S/C12H19ClF3NO2/c13-6-7-17(9-12(14,15)16)11(18)5-4-10-3-1-2-8-19-10/h10H,1-9H2. The Kier molecular flexibility index (Phi) is 6.93. The molecule has 7 heteroatoms. The maximum absolute atomic E-state index is 12.3. The van der Waals surface area contributed by atoms with E-state index in [-0.39, 0.29) is 24.9 Å². The normalized spacial score (nSPS) is 20.3. The van der Waals surface area contributed by atoms with Gasteiger partial charge in [0.2, 0.25) is 5.91 Å². The molecular formula is C12H19ClF3NO2. The van der Waals surface area contributed by atoms with E-state index in [1.807, 2.05) is 0 Å². The molecule has 1 aliphatic heterocycles. The number of halogens is 4. The molecule has 3 nitrogen and oxygen atoms in total. The molecular weight excluding hydrogens is 283 g/mol. The van der Waals surface area contributed by atoms with Crippen LogP contribution in [-0.4, -0.2) is 48.7 Å². The van der Waals surface area contributed by atoms with Crippen molar-refractivity contribution < 1.29 is 22.7 Å². The van der Waals surface area contributed by atoms with Gasteiger partial charge >= 0.3 is 6.18 Å². The Morgan fingerprint density at radius 3 is 2.63 bits per heavy atom. The van der Waals surface area contributed by atoms with Crippen molar-refractivity contribution in [3.63, 3.8) is 0 Å². The average molecular weight is 302 g/mol. The van der Waals surface area contributed by atoms with Crippen molar-refractivity contribution in [1.82, 2.24) is 4.90 Å². The van der Waals surface area contributed by atoms with Crippen LogP contribution in [0, 0.1) is 0 Å². The molecule has 0 aromatic heterocycles. The molecule has 1 heterocycles. The lowest BCUT2D eigenvalue weighted by Crippen LogP contribution is -2.40. The van der Waals surface area contributed by atoms with Crippen LogP contribution in [-0.2, 0) is 9.53 Å². The quantitative estimate of drug-likeness (QED) is 0.706. The van der Waals surface area contributed by atoms with E-state index in [0.717, 1.165) is 24.2 Å². The fourth-order valence-corrected chi connectivity index (χ4v) is 2.29. The number of hydrogen-bond donors (Lipinski definition) is 0. The molecule has 1 rings (SSSR count). The van der Waals surface area contributed by atoms with Gasteiger partial charge in [0.25, 0.3) is 0 Å². The lowest BCUT2D eigenvalue weighted by atomic mass is 10.0. The smallest absolute Gasteiger partial charge is 0.378 e. The Bertz CT molecular complexity index is 281. The molecule has 1 unspecified atom stereocenters. The highest BCUT2D eigenvalue weighted by Gasteiger charge is 2.32. The Labute approximate surface area is 116 Å². The molecule has 1 atom stereocenters. The first-order valence-electron chi connectivity index (χ1n) is 6.44. The van der Waals surface area contributed by atoms with E-state index in [1.54, 1.807) is 0 Å². The summed E-state index contributed by atoms with van der Waals surface area (Å²) in [6, 6.07) is 0. The summed E-state index contributed by atoms with van der Waals surface area (Å²) in [6.07, 6.45) is -0.886. The van der Waals surface area contributed by atoms with Gasteiger partial charge in [-0.3, -0.25) is 4.79 Å². The van der Waals surface area contributed by atoms with E-state index in [2.05, 4.69) is 0 Å². The fraction of sp³-hybridized carbons (Fsp3) is 0.917. The summed E-state index contributed by atoms with van der Waals surface area (Å²) in [5.41, 5.74) is 0. The number of hydrogen-bond acceptors (Lipinski definition) is 2. The fourth-order valence-electron chi connectivity index (χ4n) is 2.09. The highest BCUT2D eigenvalue weighted by molar-refractivity contribution is 6.18. The molecule has 0 N–H and O–H groups in total. The molecule has 0 aliphatic carbocycles. The number of ether oxygens (including phenoxy) is 1. The van der Waals surface area contributed by atoms with Crippen LogP contribution in [0.15, 0.2) is 0 Å². The number of nitrogens with zero attached hydrogens (tertiary/aromatic N) is 1. The number of carbonyl (C=O) groups excluding carboxylic acids is 1. The van der Waals surface area contributed by atoms with Crippen molar-refractivity contribution in [3.8, 4) is 0 Å². The van der Waals surface area contributed by atoms with Crippen LogP contribution in [0.25, 0.3) is 0 Å². The van der Waals surface area contributed by atoms with Crippen LogP contribution >= 0.6 is 11.6 Å². The van der Waals surface area contributed by atoms with E-state index < -0.39 is 18.6 Å². The van der Waals surface area contributed by atoms with Crippen LogP contribution in [0.4, 0.5) is 13.2 Å². The van der Waals surface area contributed by atoms with Crippen LogP contribution in [0.2, 0.25) is 0 Å². The summed E-state index contributed by atoms with van der Waals surface area (Å²) in [4.78, 5) is 12.5. The van der Waals surface area contributed by atoms with E-state index >= 15 is 0 Å². The third kappa shape index (κ3) is 7.01. The van der Waals surface area contributed by atoms with Crippen molar-refractivity contribution in [3.05, 3.63) is 0 Å². The van der Waals surface area contributed by atoms with Gasteiger partial charge in [0, 0.05) is 25.5 Å². The lowest BCUT2D eigenvalue weighted by molar-refractivity contribution is -0.161. The second-order valence-corrected chi connectivity index (χ2v) is 5.02. The predicted octanol–water partition coefficient (Wildman–Crippen LogP) is 2.97. The molecule has 0 bridgehead atoms. The summed E-state index contributed by atoms with van der Waals surface area (Å²) >= 11 is 5.43. The van der Waals surface area contributed by atoms with Gasteiger partial charge in [-0.15, -0.1) is 11.6 Å². The lowest BCUT2D eigenvalue weighted by Gasteiger charge is -2.25. The number of alkyl halides is 4. The summed E-state index contributed by atoms with van der Waals surface area (Å²) in [7, 11) is 0. The molecule has 0 radical (unpaired) electrons. The minimum absolute atomic E-state index is 0.00133. The van der Waals surface area contributed by atoms with Crippen molar-refractivity contribution >= 4 is 17.5 Å². The third-order valence-electron chi connectivity index (χ3n) is 3.03. The Hall–Kier alpha value is -0.490. The van der Waals surface area contributed by atoms with Crippen LogP contribution < -0.4 is 0 Å². The van der Waals surface area contributed by atoms with Crippen molar-refractivity contribution in [2.45, 2.75) is 44.4 Å². The van der Waals surface area contributed by atoms with Gasteiger partial charge in [-0.2, -0.15) is 13.2 Å². The monoisotopic (exact) mass is 301 g/mol. The minimum Gasteiger partial charge on any atom is -0.378 e. The van der Waals surface area contributed by atoms with Gasteiger partial charge in [-0.05, 0) is 25.7 Å². The highest BCUT2D eigenvalue weighted by atomic mass is 35.5. The SMILES string of the molecule is O=C(CCC1CCCCO1)N(CCCl)CC(F)(F)F. The van der Waals surface area contributed by atoms with Crippen LogP contribution in [0.3, 0.4) is 0 Å². The zero-order valence-corrected chi connectivity index (χ0v) is 11.5. The molecule has 0 saturated carbocycles. The predicted molar refractivity (Wildman–Crippen MR) is 66.2 cm³/mol. The van der Waals surface area contributed by atoms with E-state index in [9.17, 15) is 18.0 Å². The Balaban J connectivity index is 2.38. The van der Waals surface area contributed by atoms with Crippen molar-refractivity contribution in [1.29, 1.82) is 0 Å². The van der Waals surface area contributed by atoms with Crippen molar-refractivity contribution in [2.75, 3.05) is 25.6 Å². The summed E-state index contributed by atoms with van der Waals surface area (Å²) in [5, 5.41) is 0. The number of carbonyl (C=O) groups is 1. The maximum Gasteiger partial charge on any atom is 0.406 e. The van der Waals surface area contributed by atoms with Gasteiger partial charge in [0.05, 0.1) is 6.10 Å².